The molecule has 0 unspecified atom stereocenters. The number of benzene rings is 6. The zero-order valence-corrected chi connectivity index (χ0v) is 24.6. The first kappa shape index (κ1) is 25.2. The van der Waals surface area contributed by atoms with Crippen molar-refractivity contribution in [3.63, 3.8) is 0 Å². The van der Waals surface area contributed by atoms with Crippen molar-refractivity contribution in [2.75, 3.05) is 0 Å². The van der Waals surface area contributed by atoms with Crippen LogP contribution < -0.4 is 0 Å². The van der Waals surface area contributed by atoms with Crippen LogP contribution in [0.1, 0.15) is 25.7 Å². The number of hydrogen-bond donors (Lipinski definition) is 0. The Morgan fingerprint density at radius 2 is 0.977 bits per heavy atom. The van der Waals surface area contributed by atoms with Gasteiger partial charge in [0.05, 0.1) is 22.1 Å². The molecule has 1 aliphatic rings. The second kappa shape index (κ2) is 10.1. The second-order valence-electron chi connectivity index (χ2n) is 12.0. The van der Waals surface area contributed by atoms with Crippen LogP contribution in [0.15, 0.2) is 146 Å². The molecule has 0 fully saturated rings. The molecule has 2 nitrogen and oxygen atoms in total. The molecule has 2 heterocycles. The van der Waals surface area contributed by atoms with Gasteiger partial charge in [-0.15, -0.1) is 0 Å². The predicted octanol–water partition coefficient (Wildman–Crippen LogP) is 11.6. The maximum Gasteiger partial charge on any atom is 0.0547 e. The van der Waals surface area contributed by atoms with Crippen LogP contribution in [0.2, 0.25) is 0 Å². The zero-order chi connectivity index (χ0) is 29.0. The molecule has 44 heavy (non-hydrogen) atoms. The molecule has 210 valence electrons. The van der Waals surface area contributed by atoms with E-state index in [4.69, 9.17) is 0 Å². The van der Waals surface area contributed by atoms with Gasteiger partial charge in [0.1, 0.15) is 0 Å². The summed E-state index contributed by atoms with van der Waals surface area (Å²) in [5, 5.41) is 5.20. The Morgan fingerprint density at radius 1 is 0.386 bits per heavy atom. The van der Waals surface area contributed by atoms with Gasteiger partial charge in [-0.1, -0.05) is 103 Å². The molecule has 0 bridgehead atoms. The van der Waals surface area contributed by atoms with Crippen LogP contribution in [-0.4, -0.2) is 9.13 Å². The van der Waals surface area contributed by atoms with E-state index >= 15 is 0 Å². The zero-order valence-electron chi connectivity index (χ0n) is 24.6. The Labute approximate surface area is 257 Å². The first-order valence-electron chi connectivity index (χ1n) is 15.8. The molecule has 1 aliphatic carbocycles. The van der Waals surface area contributed by atoms with E-state index in [0.29, 0.717) is 0 Å². The van der Waals surface area contributed by atoms with Crippen LogP contribution in [0, 0.1) is 0 Å². The van der Waals surface area contributed by atoms with Gasteiger partial charge in [0.25, 0.3) is 0 Å². The van der Waals surface area contributed by atoms with Crippen LogP contribution in [0.25, 0.3) is 77.2 Å². The van der Waals surface area contributed by atoms with E-state index in [0.717, 1.165) is 6.42 Å². The van der Waals surface area contributed by atoms with Crippen molar-refractivity contribution < 1.29 is 0 Å². The summed E-state index contributed by atoms with van der Waals surface area (Å²) >= 11 is 0. The summed E-state index contributed by atoms with van der Waals surface area (Å²) in [6.07, 6.45) is 7.32. The Balaban J connectivity index is 1.22. The molecule has 9 rings (SSSR count). The maximum atomic E-state index is 2.51. The fourth-order valence-electron chi connectivity index (χ4n) is 7.35. The third-order valence-corrected chi connectivity index (χ3v) is 9.47. The van der Waals surface area contributed by atoms with Crippen molar-refractivity contribution >= 4 is 49.3 Å². The topological polar surface area (TPSA) is 9.86 Å². The molecule has 0 saturated carbocycles. The van der Waals surface area contributed by atoms with Gasteiger partial charge in [-0.3, -0.25) is 0 Å². The number of hydrogen-bond acceptors (Lipinski definition) is 0. The lowest BCUT2D eigenvalue weighted by Gasteiger charge is -2.16. The lowest BCUT2D eigenvalue weighted by atomic mass is 10.0. The van der Waals surface area contributed by atoms with E-state index in [1.54, 1.807) is 0 Å². The molecule has 0 aliphatic heterocycles. The van der Waals surface area contributed by atoms with Gasteiger partial charge in [-0.2, -0.15) is 0 Å². The molecule has 0 radical (unpaired) electrons. The minimum atomic E-state index is 1.14. The van der Waals surface area contributed by atoms with Gasteiger partial charge in [0.2, 0.25) is 0 Å². The monoisotopic (exact) mass is 564 g/mol. The number of para-hydroxylation sites is 2. The largest absolute Gasteiger partial charge is 0.313 e. The molecular weight excluding hydrogens is 532 g/mol. The second-order valence-corrected chi connectivity index (χ2v) is 12.0. The number of fused-ring (bicyclic) bond motifs is 6. The van der Waals surface area contributed by atoms with Crippen LogP contribution in [0.3, 0.4) is 0 Å². The molecule has 0 N–H and O–H groups in total. The summed E-state index contributed by atoms with van der Waals surface area (Å²) in [5.74, 6) is 0. The average molecular weight is 565 g/mol. The molecule has 2 aromatic heterocycles. The number of allylic oxidation sites excluding steroid dienone is 2. The Kier molecular flexibility index (Phi) is 5.80. The first-order valence-corrected chi connectivity index (χ1v) is 15.8. The van der Waals surface area contributed by atoms with Crippen molar-refractivity contribution in [1.29, 1.82) is 0 Å². The molecule has 0 saturated heterocycles. The Morgan fingerprint density at radius 3 is 1.75 bits per heavy atom. The number of rotatable bonds is 4. The Hall–Kier alpha value is -5.34. The third-order valence-electron chi connectivity index (χ3n) is 9.47. The lowest BCUT2D eigenvalue weighted by Crippen LogP contribution is -2.00. The van der Waals surface area contributed by atoms with Gasteiger partial charge in [-0.25, -0.2) is 0 Å². The van der Waals surface area contributed by atoms with Crippen molar-refractivity contribution in [3.8, 4) is 27.9 Å². The van der Waals surface area contributed by atoms with E-state index in [9.17, 15) is 0 Å². The maximum absolute atomic E-state index is 2.51. The van der Waals surface area contributed by atoms with E-state index in [-0.39, 0.29) is 0 Å². The fraction of sp³-hybridized carbons (Fsp3) is 0.0952. The SMILES string of the molecule is C1=C(n2c3ccccc3c3cc(-c4ccc5c6ccccc6n(-c6ccc(-c7ccccc7)cc6)c5c4)ccc32)CCCC1. The van der Waals surface area contributed by atoms with E-state index in [1.807, 2.05) is 0 Å². The van der Waals surface area contributed by atoms with Crippen molar-refractivity contribution in [2.45, 2.75) is 25.7 Å². The smallest absolute Gasteiger partial charge is 0.0547 e. The van der Waals surface area contributed by atoms with Gasteiger partial charge in [0, 0.05) is 32.9 Å². The predicted molar refractivity (Wildman–Crippen MR) is 187 cm³/mol. The van der Waals surface area contributed by atoms with E-state index in [1.165, 1.54) is 96.5 Å². The summed E-state index contributed by atoms with van der Waals surface area (Å²) in [6.45, 7) is 0. The summed E-state index contributed by atoms with van der Waals surface area (Å²) in [5.41, 5.74) is 12.6. The molecular formula is C42H32N2. The quantitative estimate of drug-likeness (QED) is 0.201. The Bertz CT molecular complexity index is 2370. The summed E-state index contributed by atoms with van der Waals surface area (Å²) in [4.78, 5) is 0. The van der Waals surface area contributed by atoms with Gasteiger partial charge < -0.3 is 9.13 Å². The van der Waals surface area contributed by atoms with E-state index in [2.05, 4.69) is 155 Å². The highest BCUT2D eigenvalue weighted by Gasteiger charge is 2.17. The molecule has 6 aromatic carbocycles. The molecule has 0 spiro atoms. The summed E-state index contributed by atoms with van der Waals surface area (Å²) < 4.78 is 4.93. The fourth-order valence-corrected chi connectivity index (χ4v) is 7.35. The molecule has 8 aromatic rings. The first-order chi connectivity index (χ1) is 21.8. The number of nitrogens with zero attached hydrogens (tertiary/aromatic N) is 2. The van der Waals surface area contributed by atoms with Crippen molar-refractivity contribution in [3.05, 3.63) is 146 Å². The van der Waals surface area contributed by atoms with Gasteiger partial charge in [0.15, 0.2) is 0 Å². The van der Waals surface area contributed by atoms with Crippen LogP contribution in [0.4, 0.5) is 0 Å². The van der Waals surface area contributed by atoms with Crippen molar-refractivity contribution in [1.82, 2.24) is 9.13 Å². The van der Waals surface area contributed by atoms with E-state index < -0.39 is 0 Å². The third kappa shape index (κ3) is 3.95. The minimum Gasteiger partial charge on any atom is -0.313 e. The number of aromatic nitrogens is 2. The van der Waals surface area contributed by atoms with Crippen LogP contribution in [-0.2, 0) is 0 Å². The van der Waals surface area contributed by atoms with Gasteiger partial charge >= 0.3 is 0 Å². The highest BCUT2D eigenvalue weighted by atomic mass is 15.0. The highest BCUT2D eigenvalue weighted by Crippen LogP contribution is 2.39. The van der Waals surface area contributed by atoms with Crippen LogP contribution >= 0.6 is 0 Å². The summed E-state index contributed by atoms with van der Waals surface area (Å²) in [7, 11) is 0. The van der Waals surface area contributed by atoms with Crippen molar-refractivity contribution in [2.24, 2.45) is 0 Å². The van der Waals surface area contributed by atoms with Gasteiger partial charge in [-0.05, 0) is 90.4 Å². The highest BCUT2D eigenvalue weighted by molar-refractivity contribution is 6.12. The molecule has 2 heteroatoms. The minimum absolute atomic E-state index is 1.14. The standard InChI is InChI=1S/C42H32N2/c1-3-11-29(12-4-1)30-19-23-34(24-20-30)44-39-17-9-7-15-35(39)37-25-21-32(28-42(37)44)31-22-26-41-38(27-31)36-16-8-10-18-40(36)43(41)33-13-5-2-6-14-33/h1,3-4,7-13,15-28H,2,5-6,14H2. The molecule has 0 amide bonds. The molecule has 0 atom stereocenters. The normalized spacial score (nSPS) is 13.7. The average Bonchev–Trinajstić information content (AvgIpc) is 3.61. The lowest BCUT2D eigenvalue weighted by molar-refractivity contribution is 0.724. The summed E-state index contributed by atoms with van der Waals surface area (Å²) in [6, 6.07) is 51.3. The van der Waals surface area contributed by atoms with Crippen LogP contribution in [0.5, 0.6) is 0 Å².